The van der Waals surface area contributed by atoms with Crippen LogP contribution in [-0.4, -0.2) is 22.1 Å². The number of amides is 1. The van der Waals surface area contributed by atoms with Crippen molar-refractivity contribution in [1.29, 1.82) is 0 Å². The number of rotatable bonds is 13. The fraction of sp³-hybridized carbons (Fsp3) is 0.290. The quantitative estimate of drug-likeness (QED) is 0.177. The van der Waals surface area contributed by atoms with Crippen molar-refractivity contribution < 1.29 is 9.53 Å². The van der Waals surface area contributed by atoms with Gasteiger partial charge in [0.2, 0.25) is 5.91 Å². The van der Waals surface area contributed by atoms with Crippen LogP contribution in [0.4, 0.5) is 0 Å². The van der Waals surface area contributed by atoms with Gasteiger partial charge in [-0.1, -0.05) is 66.7 Å². The number of allylic oxidation sites excluding steroid dienone is 1. The van der Waals surface area contributed by atoms with Gasteiger partial charge in [0.05, 0.1) is 23.7 Å². The Labute approximate surface area is 213 Å². The molecular formula is C31H35N3O2. The van der Waals surface area contributed by atoms with Crippen LogP contribution in [-0.2, 0) is 24.2 Å². The van der Waals surface area contributed by atoms with Gasteiger partial charge in [-0.2, -0.15) is 0 Å². The summed E-state index contributed by atoms with van der Waals surface area (Å²) in [4.78, 5) is 17.5. The molecule has 4 rings (SSSR count). The van der Waals surface area contributed by atoms with Crippen LogP contribution in [0.25, 0.3) is 11.0 Å². The lowest BCUT2D eigenvalue weighted by Crippen LogP contribution is -2.29. The molecule has 0 aliphatic heterocycles. The first kappa shape index (κ1) is 25.2. The summed E-state index contributed by atoms with van der Waals surface area (Å²) in [6.07, 6.45) is 5.76. The Kier molecular flexibility index (Phi) is 8.92. The summed E-state index contributed by atoms with van der Waals surface area (Å²) in [5.41, 5.74) is 4.37. The Morgan fingerprint density at radius 2 is 1.78 bits per heavy atom. The molecule has 1 amide bonds. The van der Waals surface area contributed by atoms with E-state index >= 15 is 0 Å². The third-order valence-corrected chi connectivity index (χ3v) is 6.30. The summed E-state index contributed by atoms with van der Waals surface area (Å²) in [6, 6.07) is 26.2. The van der Waals surface area contributed by atoms with Crippen molar-refractivity contribution in [1.82, 2.24) is 14.9 Å². The highest BCUT2D eigenvalue weighted by molar-refractivity contribution is 5.78. The second kappa shape index (κ2) is 12.7. The number of unbranched alkanes of at least 4 members (excludes halogenated alkanes) is 1. The fourth-order valence-electron chi connectivity index (χ4n) is 4.46. The lowest BCUT2D eigenvalue weighted by Gasteiger charge is -2.17. The summed E-state index contributed by atoms with van der Waals surface area (Å²) in [7, 11) is 0. The molecule has 0 radical (unpaired) electrons. The molecule has 1 aromatic heterocycles. The number of nitrogens with zero attached hydrogens (tertiary/aromatic N) is 2. The monoisotopic (exact) mass is 481 g/mol. The number of benzene rings is 3. The molecule has 5 heteroatoms. The van der Waals surface area contributed by atoms with Gasteiger partial charge in [-0.25, -0.2) is 4.98 Å². The smallest absolute Gasteiger partial charge is 0.220 e. The Morgan fingerprint density at radius 1 is 1.03 bits per heavy atom. The molecule has 0 bridgehead atoms. The van der Waals surface area contributed by atoms with Crippen molar-refractivity contribution >= 4 is 16.9 Å². The predicted octanol–water partition coefficient (Wildman–Crippen LogP) is 6.43. The van der Waals surface area contributed by atoms with E-state index < -0.39 is 0 Å². The molecule has 1 heterocycles. The van der Waals surface area contributed by atoms with Gasteiger partial charge in [-0.05, 0) is 61.9 Å². The molecule has 0 saturated heterocycles. The van der Waals surface area contributed by atoms with Crippen molar-refractivity contribution in [3.8, 4) is 5.75 Å². The van der Waals surface area contributed by atoms with E-state index in [1.165, 1.54) is 5.56 Å². The molecule has 5 nitrogen and oxygen atoms in total. The maximum atomic E-state index is 12.7. The van der Waals surface area contributed by atoms with E-state index in [4.69, 9.17) is 9.72 Å². The van der Waals surface area contributed by atoms with Crippen molar-refractivity contribution in [3.63, 3.8) is 0 Å². The van der Waals surface area contributed by atoms with Gasteiger partial charge in [-0.15, -0.1) is 6.58 Å². The van der Waals surface area contributed by atoms with Crippen LogP contribution in [0.5, 0.6) is 5.75 Å². The van der Waals surface area contributed by atoms with E-state index in [1.807, 2.05) is 67.6 Å². The number of aryl methyl sites for hydroxylation is 2. The molecule has 0 saturated carbocycles. The standard InChI is InChI=1S/C31H35N3O2/c1-3-13-26-16-7-10-19-29(26)36-23-12-11-22-34-28-18-9-8-17-27(28)33-31(34)24(2)32-30(35)21-20-25-14-5-4-6-15-25/h3-10,14-19,24H,1,11-13,20-23H2,2H3,(H,32,35). The molecule has 36 heavy (non-hydrogen) atoms. The molecule has 1 atom stereocenters. The number of para-hydroxylation sites is 3. The molecule has 0 aliphatic rings. The molecule has 3 aromatic carbocycles. The predicted molar refractivity (Wildman–Crippen MR) is 146 cm³/mol. The number of fused-ring (bicyclic) bond motifs is 1. The first-order valence-electron chi connectivity index (χ1n) is 12.8. The molecule has 4 aromatic rings. The fourth-order valence-corrected chi connectivity index (χ4v) is 4.46. The first-order chi connectivity index (χ1) is 17.7. The molecule has 0 fully saturated rings. The third-order valence-electron chi connectivity index (χ3n) is 6.30. The van der Waals surface area contributed by atoms with Gasteiger partial charge in [-0.3, -0.25) is 4.79 Å². The van der Waals surface area contributed by atoms with Crippen LogP contribution >= 0.6 is 0 Å². The van der Waals surface area contributed by atoms with Gasteiger partial charge in [0.25, 0.3) is 0 Å². The third kappa shape index (κ3) is 6.63. The highest BCUT2D eigenvalue weighted by Gasteiger charge is 2.18. The number of carbonyl (C=O) groups is 1. The number of nitrogens with one attached hydrogen (secondary N) is 1. The maximum Gasteiger partial charge on any atom is 0.220 e. The van der Waals surface area contributed by atoms with E-state index in [-0.39, 0.29) is 11.9 Å². The molecule has 1 unspecified atom stereocenters. The lowest BCUT2D eigenvalue weighted by atomic mass is 10.1. The summed E-state index contributed by atoms with van der Waals surface area (Å²) < 4.78 is 8.30. The normalized spacial score (nSPS) is 11.8. The molecule has 1 N–H and O–H groups in total. The minimum absolute atomic E-state index is 0.0385. The average molecular weight is 482 g/mol. The number of carbonyl (C=O) groups excluding carboxylic acids is 1. The van der Waals surface area contributed by atoms with E-state index in [1.54, 1.807) is 0 Å². The number of imidazole rings is 1. The van der Waals surface area contributed by atoms with E-state index in [2.05, 4.69) is 40.7 Å². The Balaban J connectivity index is 1.35. The zero-order valence-corrected chi connectivity index (χ0v) is 21.0. The highest BCUT2D eigenvalue weighted by Crippen LogP contribution is 2.23. The SMILES string of the molecule is C=CCc1ccccc1OCCCCn1c(C(C)NC(=O)CCc2ccccc2)nc2ccccc21. The molecule has 0 aliphatic carbocycles. The Bertz CT molecular complexity index is 1280. The second-order valence-corrected chi connectivity index (χ2v) is 9.04. The maximum absolute atomic E-state index is 12.7. The van der Waals surface area contributed by atoms with Gasteiger partial charge in [0, 0.05) is 13.0 Å². The topological polar surface area (TPSA) is 56.1 Å². The minimum atomic E-state index is -0.178. The van der Waals surface area contributed by atoms with Crippen LogP contribution in [0.1, 0.15) is 49.2 Å². The van der Waals surface area contributed by atoms with Crippen LogP contribution in [0.15, 0.2) is 91.5 Å². The van der Waals surface area contributed by atoms with Gasteiger partial charge < -0.3 is 14.6 Å². The summed E-state index contributed by atoms with van der Waals surface area (Å²) in [5.74, 6) is 1.86. The Morgan fingerprint density at radius 3 is 2.61 bits per heavy atom. The largest absolute Gasteiger partial charge is 0.493 e. The summed E-state index contributed by atoms with van der Waals surface area (Å²) in [5, 5.41) is 3.15. The number of hydrogen-bond acceptors (Lipinski definition) is 3. The van der Waals surface area contributed by atoms with Crippen molar-refractivity contribution in [2.45, 2.75) is 51.6 Å². The number of hydrogen-bond donors (Lipinski definition) is 1. The first-order valence-corrected chi connectivity index (χ1v) is 12.8. The van der Waals surface area contributed by atoms with Crippen LogP contribution in [0.2, 0.25) is 0 Å². The van der Waals surface area contributed by atoms with Crippen LogP contribution in [0, 0.1) is 0 Å². The van der Waals surface area contributed by atoms with Crippen LogP contribution in [0.3, 0.4) is 0 Å². The molecule has 0 spiro atoms. The van der Waals surface area contributed by atoms with Crippen molar-refractivity contribution in [2.24, 2.45) is 0 Å². The summed E-state index contributed by atoms with van der Waals surface area (Å²) >= 11 is 0. The number of ether oxygens (including phenoxy) is 1. The van der Waals surface area contributed by atoms with E-state index in [0.717, 1.165) is 60.4 Å². The van der Waals surface area contributed by atoms with Crippen molar-refractivity contribution in [2.75, 3.05) is 6.61 Å². The summed E-state index contributed by atoms with van der Waals surface area (Å²) in [6.45, 7) is 7.32. The Hall–Kier alpha value is -3.86. The lowest BCUT2D eigenvalue weighted by molar-refractivity contribution is -0.121. The van der Waals surface area contributed by atoms with Gasteiger partial charge >= 0.3 is 0 Å². The average Bonchev–Trinajstić information content (AvgIpc) is 3.28. The van der Waals surface area contributed by atoms with E-state index in [9.17, 15) is 4.79 Å². The van der Waals surface area contributed by atoms with Crippen LogP contribution < -0.4 is 10.1 Å². The molecular weight excluding hydrogens is 446 g/mol. The van der Waals surface area contributed by atoms with E-state index in [0.29, 0.717) is 13.0 Å². The zero-order chi connectivity index (χ0) is 25.2. The number of aromatic nitrogens is 2. The van der Waals surface area contributed by atoms with Gasteiger partial charge in [0.15, 0.2) is 0 Å². The van der Waals surface area contributed by atoms with Gasteiger partial charge in [0.1, 0.15) is 11.6 Å². The molecule has 186 valence electrons. The van der Waals surface area contributed by atoms with Crippen molar-refractivity contribution in [3.05, 3.63) is 108 Å². The highest BCUT2D eigenvalue weighted by atomic mass is 16.5. The zero-order valence-electron chi connectivity index (χ0n) is 21.0. The minimum Gasteiger partial charge on any atom is -0.493 e. The second-order valence-electron chi connectivity index (χ2n) is 9.04.